The third kappa shape index (κ3) is 5.07. The summed E-state index contributed by atoms with van der Waals surface area (Å²) in [6, 6.07) is 0. The molecule has 1 rings (SSSR count). The topological polar surface area (TPSA) is 15.3 Å². The highest BCUT2D eigenvalue weighted by atomic mass is 32.2. The lowest BCUT2D eigenvalue weighted by molar-refractivity contribution is 0.299. The first kappa shape index (κ1) is 14.3. The number of thioether (sulfide) groups is 1. The van der Waals surface area contributed by atoms with Gasteiger partial charge in [-0.25, -0.2) is 0 Å². The van der Waals surface area contributed by atoms with Crippen molar-refractivity contribution in [1.82, 2.24) is 10.2 Å². The van der Waals surface area contributed by atoms with Gasteiger partial charge in [-0.2, -0.15) is 11.8 Å². The fraction of sp³-hybridized carbons (Fsp3) is 1.00. The largest absolute Gasteiger partial charge is 0.316 e. The van der Waals surface area contributed by atoms with E-state index in [0.717, 1.165) is 5.92 Å². The molecule has 0 aromatic rings. The van der Waals surface area contributed by atoms with Gasteiger partial charge in [-0.1, -0.05) is 6.92 Å². The van der Waals surface area contributed by atoms with Crippen LogP contribution in [-0.2, 0) is 0 Å². The zero-order chi connectivity index (χ0) is 12.0. The van der Waals surface area contributed by atoms with Crippen LogP contribution in [0.25, 0.3) is 0 Å². The lowest BCUT2D eigenvalue weighted by atomic mass is 10.1. The number of likely N-dealkylation sites (tertiary alicyclic amines) is 1. The van der Waals surface area contributed by atoms with Crippen molar-refractivity contribution >= 4 is 11.8 Å². The highest BCUT2D eigenvalue weighted by Gasteiger charge is 2.27. The molecule has 1 aliphatic rings. The maximum atomic E-state index is 3.54. The van der Waals surface area contributed by atoms with E-state index in [1.54, 1.807) is 0 Å². The van der Waals surface area contributed by atoms with Crippen LogP contribution in [0, 0.1) is 5.92 Å². The Hall–Kier alpha value is 0.270. The van der Waals surface area contributed by atoms with Gasteiger partial charge in [-0.05, 0) is 58.5 Å². The van der Waals surface area contributed by atoms with Crippen molar-refractivity contribution < 1.29 is 0 Å². The molecule has 0 bridgehead atoms. The summed E-state index contributed by atoms with van der Waals surface area (Å²) in [5.41, 5.74) is 0. The van der Waals surface area contributed by atoms with Gasteiger partial charge in [-0.15, -0.1) is 0 Å². The Morgan fingerprint density at radius 2 is 2.19 bits per heavy atom. The van der Waals surface area contributed by atoms with Crippen LogP contribution in [0.2, 0.25) is 0 Å². The van der Waals surface area contributed by atoms with Crippen LogP contribution < -0.4 is 5.32 Å². The van der Waals surface area contributed by atoms with E-state index in [4.69, 9.17) is 0 Å². The molecule has 1 aliphatic heterocycles. The summed E-state index contributed by atoms with van der Waals surface area (Å²) in [5.74, 6) is 0.879. The van der Waals surface area contributed by atoms with Gasteiger partial charge in [0.05, 0.1) is 0 Å². The van der Waals surface area contributed by atoms with Gasteiger partial charge >= 0.3 is 0 Å². The van der Waals surface area contributed by atoms with Crippen LogP contribution in [0.4, 0.5) is 0 Å². The first-order chi connectivity index (χ1) is 7.57. The average molecular weight is 244 g/mol. The maximum absolute atomic E-state index is 3.54. The molecule has 16 heavy (non-hydrogen) atoms. The van der Waals surface area contributed by atoms with Gasteiger partial charge in [0.2, 0.25) is 0 Å². The summed E-state index contributed by atoms with van der Waals surface area (Å²) < 4.78 is 0.408. The predicted octanol–water partition coefficient (Wildman–Crippen LogP) is 2.45. The SMILES string of the molecule is CCCNCC1CCN(CC(C)(C)SC)C1. The lowest BCUT2D eigenvalue weighted by Crippen LogP contribution is -2.35. The summed E-state index contributed by atoms with van der Waals surface area (Å²) in [5, 5.41) is 3.54. The molecule has 0 amide bonds. The van der Waals surface area contributed by atoms with Crippen molar-refractivity contribution in [2.75, 3.05) is 39.0 Å². The number of nitrogens with zero attached hydrogens (tertiary/aromatic N) is 1. The van der Waals surface area contributed by atoms with Gasteiger partial charge in [0.25, 0.3) is 0 Å². The Bertz CT molecular complexity index is 194. The van der Waals surface area contributed by atoms with E-state index in [2.05, 4.69) is 37.2 Å². The van der Waals surface area contributed by atoms with E-state index >= 15 is 0 Å². The van der Waals surface area contributed by atoms with E-state index in [0.29, 0.717) is 4.75 Å². The molecule has 3 heteroatoms. The predicted molar refractivity (Wildman–Crippen MR) is 75.3 cm³/mol. The monoisotopic (exact) mass is 244 g/mol. The second kappa shape index (κ2) is 6.87. The Morgan fingerprint density at radius 3 is 2.81 bits per heavy atom. The summed E-state index contributed by atoms with van der Waals surface area (Å²) in [7, 11) is 0. The smallest absolute Gasteiger partial charge is 0.0227 e. The lowest BCUT2D eigenvalue weighted by Gasteiger charge is -2.28. The van der Waals surface area contributed by atoms with E-state index in [9.17, 15) is 0 Å². The van der Waals surface area contributed by atoms with Crippen LogP contribution in [0.1, 0.15) is 33.6 Å². The summed E-state index contributed by atoms with van der Waals surface area (Å²) in [4.78, 5) is 2.63. The third-order valence-electron chi connectivity index (χ3n) is 3.39. The number of hydrogen-bond donors (Lipinski definition) is 1. The number of rotatable bonds is 7. The summed E-state index contributed by atoms with van der Waals surface area (Å²) in [6.07, 6.45) is 4.84. The molecule has 1 N–H and O–H groups in total. The molecule has 1 unspecified atom stereocenters. The molecule has 0 aromatic carbocycles. The van der Waals surface area contributed by atoms with Crippen molar-refractivity contribution in [1.29, 1.82) is 0 Å². The van der Waals surface area contributed by atoms with Gasteiger partial charge in [-0.3, -0.25) is 0 Å². The van der Waals surface area contributed by atoms with E-state index < -0.39 is 0 Å². The van der Waals surface area contributed by atoms with E-state index in [-0.39, 0.29) is 0 Å². The molecule has 1 fully saturated rings. The molecule has 0 saturated carbocycles. The second-order valence-electron chi connectivity index (χ2n) is 5.56. The van der Waals surface area contributed by atoms with Crippen LogP contribution >= 0.6 is 11.8 Å². The second-order valence-corrected chi connectivity index (χ2v) is 7.07. The molecule has 0 aromatic heterocycles. The van der Waals surface area contributed by atoms with Crippen LogP contribution in [0.3, 0.4) is 0 Å². The first-order valence-electron chi connectivity index (χ1n) is 6.55. The Kier molecular flexibility index (Phi) is 6.16. The Morgan fingerprint density at radius 1 is 1.44 bits per heavy atom. The maximum Gasteiger partial charge on any atom is 0.0227 e. The van der Waals surface area contributed by atoms with Crippen LogP contribution in [-0.4, -0.2) is 48.6 Å². The zero-order valence-electron chi connectivity index (χ0n) is 11.4. The number of nitrogens with one attached hydrogen (secondary N) is 1. The van der Waals surface area contributed by atoms with Crippen LogP contribution in [0.5, 0.6) is 0 Å². The van der Waals surface area contributed by atoms with Gasteiger partial charge in [0, 0.05) is 17.8 Å². The number of hydrogen-bond acceptors (Lipinski definition) is 3. The van der Waals surface area contributed by atoms with Crippen LogP contribution in [0.15, 0.2) is 0 Å². The minimum Gasteiger partial charge on any atom is -0.316 e. The van der Waals surface area contributed by atoms with Gasteiger partial charge < -0.3 is 10.2 Å². The Labute approximate surface area is 106 Å². The molecule has 96 valence electrons. The van der Waals surface area contributed by atoms with Gasteiger partial charge in [0.15, 0.2) is 0 Å². The molecular formula is C13H28N2S. The average Bonchev–Trinajstić information content (AvgIpc) is 2.65. The van der Waals surface area contributed by atoms with Crippen molar-refractivity contribution in [2.24, 2.45) is 5.92 Å². The highest BCUT2D eigenvalue weighted by Crippen LogP contribution is 2.25. The molecular weight excluding hydrogens is 216 g/mol. The fourth-order valence-electron chi connectivity index (χ4n) is 2.31. The minimum absolute atomic E-state index is 0.408. The fourth-order valence-corrected chi connectivity index (χ4v) is 2.62. The minimum atomic E-state index is 0.408. The molecule has 0 radical (unpaired) electrons. The molecule has 1 saturated heterocycles. The van der Waals surface area contributed by atoms with E-state index in [1.165, 1.54) is 45.6 Å². The highest BCUT2D eigenvalue weighted by molar-refractivity contribution is 7.99. The van der Waals surface area contributed by atoms with Crippen molar-refractivity contribution in [2.45, 2.75) is 38.4 Å². The molecule has 0 aliphatic carbocycles. The quantitative estimate of drug-likeness (QED) is 0.693. The molecule has 2 nitrogen and oxygen atoms in total. The molecule has 1 atom stereocenters. The summed E-state index contributed by atoms with van der Waals surface area (Å²) >= 11 is 1.98. The van der Waals surface area contributed by atoms with Crippen molar-refractivity contribution in [3.8, 4) is 0 Å². The standard InChI is InChI=1S/C13H28N2S/c1-5-7-14-9-12-6-8-15(10-12)11-13(2,3)16-4/h12,14H,5-11H2,1-4H3. The van der Waals surface area contributed by atoms with E-state index in [1.807, 2.05) is 11.8 Å². The first-order valence-corrected chi connectivity index (χ1v) is 7.78. The zero-order valence-corrected chi connectivity index (χ0v) is 12.2. The Balaban J connectivity index is 2.19. The molecule has 0 spiro atoms. The van der Waals surface area contributed by atoms with Crippen molar-refractivity contribution in [3.05, 3.63) is 0 Å². The van der Waals surface area contributed by atoms with Crippen molar-refractivity contribution in [3.63, 3.8) is 0 Å². The summed E-state index contributed by atoms with van der Waals surface area (Å²) in [6.45, 7) is 13.1. The molecule has 1 heterocycles. The third-order valence-corrected chi connectivity index (χ3v) is 4.62. The normalized spacial score (nSPS) is 22.9. The van der Waals surface area contributed by atoms with Gasteiger partial charge in [0.1, 0.15) is 0 Å².